The zero-order chi connectivity index (χ0) is 13.5. The lowest BCUT2D eigenvalue weighted by Crippen LogP contribution is -2.43. The van der Waals surface area contributed by atoms with Crippen molar-refractivity contribution in [1.29, 1.82) is 0 Å². The van der Waals surface area contributed by atoms with Gasteiger partial charge < -0.3 is 15.5 Å². The Morgan fingerprint density at radius 3 is 2.84 bits per heavy atom. The maximum absolute atomic E-state index is 12.0. The molecule has 2 aliphatic heterocycles. The average Bonchev–Trinajstić information content (AvgIpc) is 2.44. The highest BCUT2D eigenvalue weighted by Crippen LogP contribution is 2.15. The van der Waals surface area contributed by atoms with Crippen molar-refractivity contribution in [2.24, 2.45) is 5.92 Å². The molecule has 0 saturated carbocycles. The molecule has 0 aromatic carbocycles. The molecule has 110 valence electrons. The molecule has 0 aliphatic carbocycles. The van der Waals surface area contributed by atoms with Gasteiger partial charge in [0.25, 0.3) is 0 Å². The maximum atomic E-state index is 12.0. The molecule has 4 heteroatoms. The molecule has 2 rings (SSSR count). The highest BCUT2D eigenvalue weighted by molar-refractivity contribution is 5.78. The summed E-state index contributed by atoms with van der Waals surface area (Å²) in [6.45, 7) is 7.62. The summed E-state index contributed by atoms with van der Waals surface area (Å²) in [4.78, 5) is 14.6. The number of rotatable bonds is 5. The topological polar surface area (TPSA) is 44.4 Å². The third-order valence-corrected chi connectivity index (χ3v) is 4.39. The van der Waals surface area contributed by atoms with Crippen LogP contribution in [0, 0.1) is 5.92 Å². The van der Waals surface area contributed by atoms with E-state index in [9.17, 15) is 4.79 Å². The molecule has 2 atom stereocenters. The quantitative estimate of drug-likeness (QED) is 0.739. The minimum absolute atomic E-state index is 0.228. The van der Waals surface area contributed by atoms with Crippen molar-refractivity contribution in [2.45, 2.75) is 51.5 Å². The van der Waals surface area contributed by atoms with Crippen LogP contribution < -0.4 is 10.6 Å². The Morgan fingerprint density at radius 1 is 1.32 bits per heavy atom. The number of nitrogens with one attached hydrogen (secondary N) is 2. The second kappa shape index (κ2) is 7.85. The second-order valence-corrected chi connectivity index (χ2v) is 6.12. The summed E-state index contributed by atoms with van der Waals surface area (Å²) in [6, 6.07) is 0.484. The van der Waals surface area contributed by atoms with Gasteiger partial charge in [-0.3, -0.25) is 4.79 Å². The zero-order valence-corrected chi connectivity index (χ0v) is 12.3. The summed E-state index contributed by atoms with van der Waals surface area (Å²) in [6.07, 6.45) is 7.15. The van der Waals surface area contributed by atoms with Crippen LogP contribution in [-0.2, 0) is 4.79 Å². The van der Waals surface area contributed by atoms with E-state index in [4.69, 9.17) is 0 Å². The molecule has 0 spiro atoms. The van der Waals surface area contributed by atoms with Crippen molar-refractivity contribution in [3.63, 3.8) is 0 Å². The Balaban J connectivity index is 1.55. The molecule has 2 heterocycles. The van der Waals surface area contributed by atoms with Crippen molar-refractivity contribution in [3.8, 4) is 0 Å². The largest absolute Gasteiger partial charge is 0.356 e. The number of piperidine rings is 2. The molecule has 2 fully saturated rings. The number of likely N-dealkylation sites (tertiary alicyclic amines) is 1. The van der Waals surface area contributed by atoms with Crippen LogP contribution in [0.1, 0.15) is 45.4 Å². The van der Waals surface area contributed by atoms with Gasteiger partial charge >= 0.3 is 0 Å². The smallest absolute Gasteiger partial charge is 0.223 e. The molecule has 19 heavy (non-hydrogen) atoms. The van der Waals surface area contributed by atoms with Crippen molar-refractivity contribution < 1.29 is 4.79 Å². The van der Waals surface area contributed by atoms with Crippen LogP contribution in [0.5, 0.6) is 0 Å². The predicted molar refractivity (Wildman–Crippen MR) is 78.1 cm³/mol. The van der Waals surface area contributed by atoms with Gasteiger partial charge in [-0.1, -0.05) is 6.42 Å². The Labute approximate surface area is 117 Å². The van der Waals surface area contributed by atoms with E-state index >= 15 is 0 Å². The van der Waals surface area contributed by atoms with Crippen LogP contribution in [0.4, 0.5) is 0 Å². The molecular formula is C15H29N3O. The molecule has 0 unspecified atom stereocenters. The normalized spacial score (nSPS) is 29.1. The number of nitrogens with zero attached hydrogens (tertiary/aromatic N) is 1. The van der Waals surface area contributed by atoms with Gasteiger partial charge in [-0.05, 0) is 65.2 Å². The van der Waals surface area contributed by atoms with E-state index in [2.05, 4.69) is 22.5 Å². The van der Waals surface area contributed by atoms with Crippen LogP contribution in [0.25, 0.3) is 0 Å². The standard InChI is InChI=1S/C15H29N3O/c1-13-12-14(6-8-16-13)15(19)17-7-5-11-18-9-3-2-4-10-18/h13-14,16H,2-12H2,1H3,(H,17,19)/t13-,14-/m0/s1. The molecule has 2 N–H and O–H groups in total. The number of carbonyl (C=O) groups is 1. The minimum atomic E-state index is 0.228. The fourth-order valence-corrected chi connectivity index (χ4v) is 3.21. The van der Waals surface area contributed by atoms with E-state index in [1.807, 2.05) is 0 Å². The first-order valence-corrected chi connectivity index (χ1v) is 7.99. The third-order valence-electron chi connectivity index (χ3n) is 4.39. The van der Waals surface area contributed by atoms with E-state index in [0.717, 1.165) is 38.9 Å². The van der Waals surface area contributed by atoms with Crippen molar-refractivity contribution >= 4 is 5.91 Å². The average molecular weight is 267 g/mol. The van der Waals surface area contributed by atoms with Crippen LogP contribution in [0.15, 0.2) is 0 Å². The lowest BCUT2D eigenvalue weighted by Gasteiger charge is -2.28. The van der Waals surface area contributed by atoms with E-state index in [0.29, 0.717) is 6.04 Å². The van der Waals surface area contributed by atoms with Crippen molar-refractivity contribution in [2.75, 3.05) is 32.7 Å². The summed E-state index contributed by atoms with van der Waals surface area (Å²) >= 11 is 0. The zero-order valence-electron chi connectivity index (χ0n) is 12.3. The van der Waals surface area contributed by atoms with E-state index < -0.39 is 0 Å². The van der Waals surface area contributed by atoms with Crippen LogP contribution in [0.3, 0.4) is 0 Å². The Morgan fingerprint density at radius 2 is 2.11 bits per heavy atom. The first-order chi connectivity index (χ1) is 9.25. The van der Waals surface area contributed by atoms with Gasteiger partial charge in [0.2, 0.25) is 5.91 Å². The second-order valence-electron chi connectivity index (χ2n) is 6.12. The Kier molecular flexibility index (Phi) is 6.11. The number of hydrogen-bond donors (Lipinski definition) is 2. The van der Waals surface area contributed by atoms with Crippen LogP contribution in [0.2, 0.25) is 0 Å². The summed E-state index contributed by atoms with van der Waals surface area (Å²) in [5.74, 6) is 0.498. The molecular weight excluding hydrogens is 238 g/mol. The highest BCUT2D eigenvalue weighted by Gasteiger charge is 2.24. The first kappa shape index (κ1) is 14.8. The van der Waals surface area contributed by atoms with Crippen molar-refractivity contribution in [1.82, 2.24) is 15.5 Å². The molecule has 0 aromatic heterocycles. The van der Waals surface area contributed by atoms with E-state index in [1.54, 1.807) is 0 Å². The summed E-state index contributed by atoms with van der Waals surface area (Å²) < 4.78 is 0. The molecule has 2 aliphatic rings. The summed E-state index contributed by atoms with van der Waals surface area (Å²) in [5, 5.41) is 6.51. The fourth-order valence-electron chi connectivity index (χ4n) is 3.21. The van der Waals surface area contributed by atoms with E-state index in [1.165, 1.54) is 32.4 Å². The van der Waals surface area contributed by atoms with Gasteiger partial charge in [0, 0.05) is 18.5 Å². The highest BCUT2D eigenvalue weighted by atomic mass is 16.1. The molecule has 0 aromatic rings. The van der Waals surface area contributed by atoms with Crippen molar-refractivity contribution in [3.05, 3.63) is 0 Å². The minimum Gasteiger partial charge on any atom is -0.356 e. The fraction of sp³-hybridized carbons (Fsp3) is 0.933. The monoisotopic (exact) mass is 267 g/mol. The Hall–Kier alpha value is -0.610. The summed E-state index contributed by atoms with van der Waals surface area (Å²) in [5.41, 5.74) is 0. The van der Waals surface area contributed by atoms with Gasteiger partial charge in [0.15, 0.2) is 0 Å². The van der Waals surface area contributed by atoms with Gasteiger partial charge in [0.1, 0.15) is 0 Å². The Bertz CT molecular complexity index is 277. The van der Waals surface area contributed by atoms with Gasteiger partial charge in [0.05, 0.1) is 0 Å². The molecule has 0 bridgehead atoms. The third kappa shape index (κ3) is 5.11. The van der Waals surface area contributed by atoms with Crippen LogP contribution in [-0.4, -0.2) is 49.6 Å². The predicted octanol–water partition coefficient (Wildman–Crippen LogP) is 1.37. The lowest BCUT2D eigenvalue weighted by atomic mass is 9.92. The molecule has 1 amide bonds. The molecule has 0 radical (unpaired) electrons. The SMILES string of the molecule is C[C@H]1C[C@@H](C(=O)NCCCN2CCCCC2)CCN1. The summed E-state index contributed by atoms with van der Waals surface area (Å²) in [7, 11) is 0. The molecule has 4 nitrogen and oxygen atoms in total. The number of hydrogen-bond acceptors (Lipinski definition) is 3. The molecule has 2 saturated heterocycles. The van der Waals surface area contributed by atoms with Gasteiger partial charge in [-0.2, -0.15) is 0 Å². The maximum Gasteiger partial charge on any atom is 0.223 e. The van der Waals surface area contributed by atoms with E-state index in [-0.39, 0.29) is 11.8 Å². The first-order valence-electron chi connectivity index (χ1n) is 7.99. The number of carbonyl (C=O) groups excluding carboxylic acids is 1. The van der Waals surface area contributed by atoms with Gasteiger partial charge in [-0.15, -0.1) is 0 Å². The lowest BCUT2D eigenvalue weighted by molar-refractivity contribution is -0.126. The van der Waals surface area contributed by atoms with Gasteiger partial charge in [-0.25, -0.2) is 0 Å². The van der Waals surface area contributed by atoms with Crippen LogP contribution >= 0.6 is 0 Å². The number of amides is 1.